The highest BCUT2D eigenvalue weighted by Gasteiger charge is 2.10. The van der Waals surface area contributed by atoms with Crippen LogP contribution in [0.4, 0.5) is 5.69 Å². The molecule has 1 aromatic rings. The number of rotatable bonds is 5. The lowest BCUT2D eigenvalue weighted by Crippen LogP contribution is -2.26. The summed E-state index contributed by atoms with van der Waals surface area (Å²) in [6, 6.07) is 8.84. The molecule has 84 valence electrons. The first-order chi connectivity index (χ1) is 7.05. The van der Waals surface area contributed by atoms with E-state index >= 15 is 0 Å². The van der Waals surface area contributed by atoms with Crippen molar-refractivity contribution in [3.8, 4) is 0 Å². The number of benzene rings is 1. The monoisotopic (exact) mass is 229 g/mol. The third-order valence-corrected chi connectivity index (χ3v) is 3.79. The second kappa shape index (κ2) is 5.14. The molecule has 5 heteroatoms. The van der Waals surface area contributed by atoms with E-state index in [1.807, 2.05) is 6.07 Å². The number of sulfone groups is 1. The summed E-state index contributed by atoms with van der Waals surface area (Å²) >= 11 is 0. The average Bonchev–Trinajstić information content (AvgIpc) is 2.27. The lowest BCUT2D eigenvalue weighted by Gasteiger charge is -2.16. The minimum atomic E-state index is -3.02. The minimum absolute atomic E-state index is 0.0328. The number of hydrogen-bond donors (Lipinski definition) is 1. The molecule has 0 aliphatic carbocycles. The molecule has 0 fully saturated rings. The quantitative estimate of drug-likeness (QED) is 0.774. The third kappa shape index (κ3) is 3.89. The van der Waals surface area contributed by atoms with Gasteiger partial charge < -0.3 is 0 Å². The van der Waals surface area contributed by atoms with Gasteiger partial charge in [0.25, 0.3) is 0 Å². The summed E-state index contributed by atoms with van der Waals surface area (Å²) in [6.45, 7) is 1.69. The molecule has 0 amide bonds. The van der Waals surface area contributed by atoms with Crippen LogP contribution in [0.25, 0.3) is 0 Å². The maximum absolute atomic E-state index is 11.2. The molecule has 1 rings (SSSR count). The van der Waals surface area contributed by atoms with Crippen LogP contribution in [0.3, 0.4) is 0 Å². The lowest BCUT2D eigenvalue weighted by atomic mass is 10.3. The van der Waals surface area contributed by atoms with Crippen molar-refractivity contribution in [1.29, 1.82) is 0 Å². The van der Waals surface area contributed by atoms with Crippen LogP contribution in [0.2, 0.25) is 0 Å². The Morgan fingerprint density at radius 3 is 2.40 bits per heavy atom. The van der Waals surface area contributed by atoms with Crippen LogP contribution in [0.1, 0.15) is 6.92 Å². The molecule has 0 aromatic heterocycles. The van der Waals surface area contributed by atoms with Crippen molar-refractivity contribution in [2.45, 2.75) is 6.92 Å². The van der Waals surface area contributed by atoms with E-state index in [2.05, 4.69) is 0 Å². The molecule has 1 aromatic carbocycles. The molecule has 0 radical (unpaired) electrons. The fourth-order valence-corrected chi connectivity index (χ4v) is 1.84. The molecule has 0 aliphatic heterocycles. The first-order valence-corrected chi connectivity index (χ1v) is 6.59. The summed E-state index contributed by atoms with van der Waals surface area (Å²) in [7, 11) is -3.02. The Morgan fingerprint density at radius 2 is 1.87 bits per heavy atom. The molecule has 0 saturated heterocycles. The predicted octanol–water partition coefficient (Wildman–Crippen LogP) is 1.32. The van der Waals surface area contributed by atoms with E-state index in [9.17, 15) is 13.6 Å². The van der Waals surface area contributed by atoms with E-state index in [-0.39, 0.29) is 18.1 Å². The van der Waals surface area contributed by atoms with Crippen LogP contribution < -0.4 is 5.06 Å². The Balaban J connectivity index is 2.54. The van der Waals surface area contributed by atoms with Gasteiger partial charge in [0.1, 0.15) is 0 Å². The number of nitrogens with zero attached hydrogens (tertiary/aromatic N) is 1. The minimum Gasteiger partial charge on any atom is -0.288 e. The zero-order valence-corrected chi connectivity index (χ0v) is 9.44. The van der Waals surface area contributed by atoms with Gasteiger partial charge in [0.2, 0.25) is 0 Å². The van der Waals surface area contributed by atoms with Gasteiger partial charge in [-0.2, -0.15) is 0 Å². The molecule has 0 spiro atoms. The van der Waals surface area contributed by atoms with Crippen LogP contribution >= 0.6 is 0 Å². The molecule has 1 N–H and O–H groups in total. The van der Waals surface area contributed by atoms with Gasteiger partial charge in [0, 0.05) is 5.75 Å². The Morgan fingerprint density at radius 1 is 1.27 bits per heavy atom. The van der Waals surface area contributed by atoms with Gasteiger partial charge in [0.15, 0.2) is 9.84 Å². The summed E-state index contributed by atoms with van der Waals surface area (Å²) in [6.07, 6.45) is 0. The Labute approximate surface area is 90.0 Å². The standard InChI is InChI=1S/C10H15NO3S/c1-2-15(13,14)9-8-11(12)10-6-4-3-5-7-10/h3-7,12H,2,8-9H2,1H3. The van der Waals surface area contributed by atoms with Crippen LogP contribution in [-0.2, 0) is 9.84 Å². The van der Waals surface area contributed by atoms with Gasteiger partial charge in [-0.1, -0.05) is 25.1 Å². The molecule has 0 unspecified atom stereocenters. The highest BCUT2D eigenvalue weighted by molar-refractivity contribution is 7.91. The number of hydrogen-bond acceptors (Lipinski definition) is 4. The van der Waals surface area contributed by atoms with E-state index in [0.29, 0.717) is 5.69 Å². The first kappa shape index (κ1) is 12.0. The molecule has 0 atom stereocenters. The van der Waals surface area contributed by atoms with E-state index in [0.717, 1.165) is 5.06 Å². The van der Waals surface area contributed by atoms with Crippen LogP contribution in [-0.4, -0.2) is 31.7 Å². The lowest BCUT2D eigenvalue weighted by molar-refractivity contribution is 0.260. The summed E-state index contributed by atoms with van der Waals surface area (Å²) in [4.78, 5) is 0. The molecule has 0 aliphatic rings. The molecule has 0 heterocycles. The highest BCUT2D eigenvalue weighted by Crippen LogP contribution is 2.10. The SMILES string of the molecule is CCS(=O)(=O)CCN(O)c1ccccc1. The van der Waals surface area contributed by atoms with Gasteiger partial charge >= 0.3 is 0 Å². The topological polar surface area (TPSA) is 57.6 Å². The summed E-state index contributed by atoms with van der Waals surface area (Å²) in [5.74, 6) is 0.0739. The number of hydroxylamine groups is 1. The first-order valence-electron chi connectivity index (χ1n) is 4.77. The molecular formula is C10H15NO3S. The molecule has 0 saturated carbocycles. The second-order valence-electron chi connectivity index (χ2n) is 3.20. The largest absolute Gasteiger partial charge is 0.288 e. The van der Waals surface area contributed by atoms with Crippen molar-refractivity contribution in [2.75, 3.05) is 23.1 Å². The highest BCUT2D eigenvalue weighted by atomic mass is 32.2. The number of para-hydroxylation sites is 1. The fourth-order valence-electron chi connectivity index (χ4n) is 1.10. The van der Waals surface area contributed by atoms with Crippen LogP contribution in [0.15, 0.2) is 30.3 Å². The molecule has 4 nitrogen and oxygen atoms in total. The van der Waals surface area contributed by atoms with Gasteiger partial charge in [-0.3, -0.25) is 10.3 Å². The zero-order valence-electron chi connectivity index (χ0n) is 8.63. The Hall–Kier alpha value is -1.07. The number of anilines is 1. The molecule has 0 bridgehead atoms. The summed E-state index contributed by atoms with van der Waals surface area (Å²) in [5.41, 5.74) is 0.601. The van der Waals surface area contributed by atoms with Crippen molar-refractivity contribution in [3.05, 3.63) is 30.3 Å². The van der Waals surface area contributed by atoms with Crippen molar-refractivity contribution in [1.82, 2.24) is 0 Å². The van der Waals surface area contributed by atoms with E-state index < -0.39 is 9.84 Å². The van der Waals surface area contributed by atoms with Crippen molar-refractivity contribution in [2.24, 2.45) is 0 Å². The smallest absolute Gasteiger partial charge is 0.151 e. The summed E-state index contributed by atoms with van der Waals surface area (Å²) < 4.78 is 22.4. The van der Waals surface area contributed by atoms with Crippen LogP contribution in [0, 0.1) is 0 Å². The van der Waals surface area contributed by atoms with Crippen molar-refractivity contribution >= 4 is 15.5 Å². The maximum atomic E-state index is 11.2. The Bertz CT molecular complexity index is 388. The van der Waals surface area contributed by atoms with Gasteiger partial charge in [-0.05, 0) is 12.1 Å². The average molecular weight is 229 g/mol. The third-order valence-electron chi connectivity index (χ3n) is 2.11. The van der Waals surface area contributed by atoms with E-state index in [1.165, 1.54) is 0 Å². The van der Waals surface area contributed by atoms with Crippen molar-refractivity contribution < 1.29 is 13.6 Å². The van der Waals surface area contributed by atoms with E-state index in [4.69, 9.17) is 0 Å². The van der Waals surface area contributed by atoms with Gasteiger partial charge in [0.05, 0.1) is 18.0 Å². The second-order valence-corrected chi connectivity index (χ2v) is 5.67. The normalized spacial score (nSPS) is 11.3. The summed E-state index contributed by atoms with van der Waals surface area (Å²) in [5, 5.41) is 10.5. The molecular weight excluding hydrogens is 214 g/mol. The molecule has 15 heavy (non-hydrogen) atoms. The van der Waals surface area contributed by atoms with Gasteiger partial charge in [-0.25, -0.2) is 8.42 Å². The van der Waals surface area contributed by atoms with E-state index in [1.54, 1.807) is 31.2 Å². The fraction of sp³-hybridized carbons (Fsp3) is 0.400. The van der Waals surface area contributed by atoms with Gasteiger partial charge in [-0.15, -0.1) is 0 Å². The maximum Gasteiger partial charge on any atom is 0.151 e. The van der Waals surface area contributed by atoms with Crippen molar-refractivity contribution in [3.63, 3.8) is 0 Å². The van der Waals surface area contributed by atoms with Crippen LogP contribution in [0.5, 0.6) is 0 Å². The zero-order chi connectivity index (χ0) is 11.3. The predicted molar refractivity (Wildman–Crippen MR) is 59.9 cm³/mol. The Kier molecular flexibility index (Phi) is 4.11.